The van der Waals surface area contributed by atoms with E-state index >= 15 is 0 Å². The largest absolute Gasteiger partial charge is 0.375 e. The first kappa shape index (κ1) is 12.0. The standard InChI is InChI=1S/C16H28O/c1-14(2)8-5-9-15(3)12(14)6-10-16(4)13(15)7-11-17-16/h12-13H,5-11H2,1-4H3/t12-,13+,15+,16+/m1/s1. The summed E-state index contributed by atoms with van der Waals surface area (Å²) in [5.41, 5.74) is 1.31. The zero-order valence-electron chi connectivity index (χ0n) is 12.0. The molecule has 2 saturated carbocycles. The maximum Gasteiger partial charge on any atom is 0.0688 e. The molecule has 0 radical (unpaired) electrons. The van der Waals surface area contributed by atoms with E-state index in [2.05, 4.69) is 27.7 Å². The first-order valence-electron chi connectivity index (χ1n) is 7.52. The fourth-order valence-corrected chi connectivity index (χ4v) is 5.82. The second kappa shape index (κ2) is 3.50. The molecule has 0 unspecified atom stereocenters. The summed E-state index contributed by atoms with van der Waals surface area (Å²) >= 11 is 0. The van der Waals surface area contributed by atoms with Gasteiger partial charge in [-0.15, -0.1) is 0 Å². The van der Waals surface area contributed by atoms with Crippen LogP contribution in [-0.2, 0) is 4.74 Å². The van der Waals surface area contributed by atoms with E-state index in [1.165, 1.54) is 38.5 Å². The van der Waals surface area contributed by atoms with Gasteiger partial charge in [0.05, 0.1) is 5.60 Å². The number of rotatable bonds is 0. The van der Waals surface area contributed by atoms with Gasteiger partial charge in [0, 0.05) is 6.61 Å². The molecule has 0 bridgehead atoms. The van der Waals surface area contributed by atoms with Gasteiger partial charge in [0.2, 0.25) is 0 Å². The Morgan fingerprint density at radius 3 is 2.41 bits per heavy atom. The van der Waals surface area contributed by atoms with Crippen molar-refractivity contribution in [2.45, 2.75) is 71.8 Å². The van der Waals surface area contributed by atoms with Gasteiger partial charge in [-0.2, -0.15) is 0 Å². The minimum atomic E-state index is 0.207. The van der Waals surface area contributed by atoms with Crippen LogP contribution in [0.3, 0.4) is 0 Å². The first-order valence-corrected chi connectivity index (χ1v) is 7.52. The summed E-state index contributed by atoms with van der Waals surface area (Å²) in [6.45, 7) is 11.0. The molecule has 3 fully saturated rings. The van der Waals surface area contributed by atoms with E-state index in [1.807, 2.05) is 0 Å². The Bertz CT molecular complexity index is 317. The SMILES string of the molecule is CC1(C)CCC[C@@]2(C)[C@@H]1CC[C@]1(C)OCC[C@@H]21. The Hall–Kier alpha value is -0.0400. The van der Waals surface area contributed by atoms with Crippen LogP contribution in [0, 0.1) is 22.7 Å². The van der Waals surface area contributed by atoms with E-state index in [9.17, 15) is 0 Å². The van der Waals surface area contributed by atoms with Gasteiger partial charge >= 0.3 is 0 Å². The van der Waals surface area contributed by atoms with Gasteiger partial charge in [-0.3, -0.25) is 0 Å². The quantitative estimate of drug-likeness (QED) is 0.605. The third-order valence-corrected chi connectivity index (χ3v) is 6.58. The molecule has 0 aromatic rings. The first-order chi connectivity index (χ1) is 7.89. The highest BCUT2D eigenvalue weighted by molar-refractivity contribution is 5.09. The Morgan fingerprint density at radius 1 is 0.882 bits per heavy atom. The van der Waals surface area contributed by atoms with Crippen molar-refractivity contribution in [2.24, 2.45) is 22.7 Å². The molecule has 1 aliphatic heterocycles. The molecule has 0 aromatic carbocycles. The molecular weight excluding hydrogens is 208 g/mol. The van der Waals surface area contributed by atoms with E-state index < -0.39 is 0 Å². The molecule has 2 aliphatic carbocycles. The van der Waals surface area contributed by atoms with E-state index in [-0.39, 0.29) is 5.60 Å². The van der Waals surface area contributed by atoms with Crippen LogP contribution in [0.25, 0.3) is 0 Å². The van der Waals surface area contributed by atoms with Gasteiger partial charge in [0.15, 0.2) is 0 Å². The number of hydrogen-bond acceptors (Lipinski definition) is 1. The second-order valence-electron chi connectivity index (χ2n) is 7.94. The second-order valence-corrected chi connectivity index (χ2v) is 7.94. The molecular formula is C16H28O. The van der Waals surface area contributed by atoms with Crippen molar-refractivity contribution in [2.75, 3.05) is 6.61 Å². The Kier molecular flexibility index (Phi) is 2.47. The zero-order chi connectivity index (χ0) is 12.3. The van der Waals surface area contributed by atoms with Crippen LogP contribution >= 0.6 is 0 Å². The molecule has 0 aromatic heterocycles. The number of hydrogen-bond donors (Lipinski definition) is 0. The minimum absolute atomic E-state index is 0.207. The maximum atomic E-state index is 6.13. The topological polar surface area (TPSA) is 9.23 Å². The van der Waals surface area contributed by atoms with Crippen molar-refractivity contribution in [3.63, 3.8) is 0 Å². The molecule has 4 atom stereocenters. The average molecular weight is 236 g/mol. The molecule has 17 heavy (non-hydrogen) atoms. The predicted octanol–water partition coefficient (Wildman–Crippen LogP) is 4.41. The summed E-state index contributed by atoms with van der Waals surface area (Å²) in [6, 6.07) is 0. The summed E-state index contributed by atoms with van der Waals surface area (Å²) < 4.78 is 6.13. The van der Waals surface area contributed by atoms with Crippen molar-refractivity contribution < 1.29 is 4.74 Å². The van der Waals surface area contributed by atoms with Crippen LogP contribution in [0.1, 0.15) is 66.2 Å². The number of fused-ring (bicyclic) bond motifs is 3. The zero-order valence-corrected chi connectivity index (χ0v) is 12.0. The van der Waals surface area contributed by atoms with Gasteiger partial charge in [0.25, 0.3) is 0 Å². The van der Waals surface area contributed by atoms with Crippen LogP contribution in [-0.4, -0.2) is 12.2 Å². The summed E-state index contributed by atoms with van der Waals surface area (Å²) in [7, 11) is 0. The van der Waals surface area contributed by atoms with Crippen molar-refractivity contribution in [3.05, 3.63) is 0 Å². The highest BCUT2D eigenvalue weighted by Gasteiger charge is 2.60. The summed E-state index contributed by atoms with van der Waals surface area (Å²) in [4.78, 5) is 0. The molecule has 3 aliphatic rings. The van der Waals surface area contributed by atoms with Gasteiger partial charge < -0.3 is 4.74 Å². The summed E-state index contributed by atoms with van der Waals surface area (Å²) in [5, 5.41) is 0. The third kappa shape index (κ3) is 1.54. The molecule has 0 spiro atoms. The summed E-state index contributed by atoms with van der Waals surface area (Å²) in [5.74, 6) is 1.73. The smallest absolute Gasteiger partial charge is 0.0688 e. The maximum absolute atomic E-state index is 6.13. The van der Waals surface area contributed by atoms with Crippen LogP contribution in [0.4, 0.5) is 0 Å². The van der Waals surface area contributed by atoms with Crippen LogP contribution in [0.5, 0.6) is 0 Å². The molecule has 1 nitrogen and oxygen atoms in total. The fourth-order valence-electron chi connectivity index (χ4n) is 5.82. The lowest BCUT2D eigenvalue weighted by Crippen LogP contribution is -2.55. The monoisotopic (exact) mass is 236 g/mol. The van der Waals surface area contributed by atoms with E-state index in [4.69, 9.17) is 4.74 Å². The lowest BCUT2D eigenvalue weighted by Gasteiger charge is -2.60. The molecule has 0 amide bonds. The predicted molar refractivity (Wildman–Crippen MR) is 70.9 cm³/mol. The van der Waals surface area contributed by atoms with Gasteiger partial charge in [0.1, 0.15) is 0 Å². The third-order valence-electron chi connectivity index (χ3n) is 6.58. The van der Waals surface area contributed by atoms with E-state index in [1.54, 1.807) is 0 Å². The van der Waals surface area contributed by atoms with E-state index in [0.29, 0.717) is 10.8 Å². The van der Waals surface area contributed by atoms with E-state index in [0.717, 1.165) is 18.4 Å². The summed E-state index contributed by atoms with van der Waals surface area (Å²) in [6.07, 6.45) is 8.27. The molecule has 1 heterocycles. The van der Waals surface area contributed by atoms with Crippen molar-refractivity contribution in [1.29, 1.82) is 0 Å². The van der Waals surface area contributed by atoms with Crippen LogP contribution in [0.15, 0.2) is 0 Å². The normalized spacial score (nSPS) is 52.9. The van der Waals surface area contributed by atoms with Crippen molar-refractivity contribution in [1.82, 2.24) is 0 Å². The molecule has 1 heteroatoms. The minimum Gasteiger partial charge on any atom is -0.375 e. The fraction of sp³-hybridized carbons (Fsp3) is 1.00. The highest BCUT2D eigenvalue weighted by Crippen LogP contribution is 2.64. The van der Waals surface area contributed by atoms with Gasteiger partial charge in [-0.1, -0.05) is 27.2 Å². The Morgan fingerprint density at radius 2 is 1.65 bits per heavy atom. The number of ether oxygens (including phenoxy) is 1. The molecule has 98 valence electrons. The lowest BCUT2D eigenvalue weighted by molar-refractivity contribution is -0.147. The molecule has 1 saturated heterocycles. The Balaban J connectivity index is 1.98. The van der Waals surface area contributed by atoms with Gasteiger partial charge in [-0.05, 0) is 61.7 Å². The van der Waals surface area contributed by atoms with Crippen LogP contribution < -0.4 is 0 Å². The highest BCUT2D eigenvalue weighted by atomic mass is 16.5. The molecule has 0 N–H and O–H groups in total. The Labute approximate surface area is 106 Å². The van der Waals surface area contributed by atoms with Crippen molar-refractivity contribution >= 4 is 0 Å². The van der Waals surface area contributed by atoms with Gasteiger partial charge in [-0.25, -0.2) is 0 Å². The lowest BCUT2D eigenvalue weighted by atomic mass is 9.46. The van der Waals surface area contributed by atoms with Crippen molar-refractivity contribution in [3.8, 4) is 0 Å². The molecule has 3 rings (SSSR count). The van der Waals surface area contributed by atoms with Crippen LogP contribution in [0.2, 0.25) is 0 Å². The average Bonchev–Trinajstić information content (AvgIpc) is 2.60.